The van der Waals surface area contributed by atoms with Crippen molar-refractivity contribution in [2.75, 3.05) is 31.6 Å². The van der Waals surface area contributed by atoms with E-state index in [1.54, 1.807) is 35.4 Å². The molecular formula is C20H20N4O3. The van der Waals surface area contributed by atoms with Gasteiger partial charge in [-0.2, -0.15) is 5.26 Å². The van der Waals surface area contributed by atoms with E-state index in [0.29, 0.717) is 50.4 Å². The third kappa shape index (κ3) is 3.77. The minimum absolute atomic E-state index is 0.0914. The van der Waals surface area contributed by atoms with Gasteiger partial charge >= 0.3 is 0 Å². The van der Waals surface area contributed by atoms with Crippen molar-refractivity contribution in [3.8, 4) is 6.07 Å². The van der Waals surface area contributed by atoms with Gasteiger partial charge < -0.3 is 19.7 Å². The fourth-order valence-electron chi connectivity index (χ4n) is 3.42. The number of ether oxygens (including phenoxy) is 2. The Morgan fingerprint density at radius 1 is 1.11 bits per heavy atom. The number of rotatable bonds is 3. The topological polar surface area (TPSA) is 87.5 Å². The van der Waals surface area contributed by atoms with Gasteiger partial charge in [0.1, 0.15) is 5.69 Å². The minimum Gasteiger partial charge on any atom is -0.355 e. The van der Waals surface area contributed by atoms with Gasteiger partial charge in [0.2, 0.25) is 0 Å². The van der Waals surface area contributed by atoms with Crippen LogP contribution in [0, 0.1) is 11.3 Å². The van der Waals surface area contributed by atoms with Gasteiger partial charge in [-0.15, -0.1) is 0 Å². The van der Waals surface area contributed by atoms with Crippen molar-refractivity contribution < 1.29 is 14.3 Å². The summed E-state index contributed by atoms with van der Waals surface area (Å²) in [6.07, 6.45) is 2.98. The van der Waals surface area contributed by atoms with Crippen molar-refractivity contribution in [1.29, 1.82) is 5.26 Å². The van der Waals surface area contributed by atoms with Crippen molar-refractivity contribution in [3.63, 3.8) is 0 Å². The van der Waals surface area contributed by atoms with Crippen molar-refractivity contribution in [2.45, 2.75) is 18.6 Å². The van der Waals surface area contributed by atoms with Crippen molar-refractivity contribution in [3.05, 3.63) is 53.9 Å². The van der Waals surface area contributed by atoms with Crippen LogP contribution >= 0.6 is 0 Å². The van der Waals surface area contributed by atoms with E-state index in [-0.39, 0.29) is 5.91 Å². The van der Waals surface area contributed by atoms with E-state index in [1.807, 2.05) is 12.1 Å². The van der Waals surface area contributed by atoms with E-state index in [9.17, 15) is 4.79 Å². The number of amides is 1. The number of nitriles is 1. The number of hydrogen-bond donors (Lipinski definition) is 1. The summed E-state index contributed by atoms with van der Waals surface area (Å²) in [7, 11) is 0. The Morgan fingerprint density at radius 3 is 2.48 bits per heavy atom. The van der Waals surface area contributed by atoms with Gasteiger partial charge in [-0.3, -0.25) is 9.78 Å². The summed E-state index contributed by atoms with van der Waals surface area (Å²) in [6, 6.07) is 12.8. The number of hydrogen-bond acceptors (Lipinski definition) is 6. The van der Waals surface area contributed by atoms with E-state index in [1.165, 1.54) is 0 Å². The summed E-state index contributed by atoms with van der Waals surface area (Å²) in [4.78, 5) is 18.8. The number of nitrogens with zero attached hydrogens (tertiary/aromatic N) is 3. The molecule has 0 atom stereocenters. The summed E-state index contributed by atoms with van der Waals surface area (Å²) in [6.45, 7) is 2.43. The predicted molar refractivity (Wildman–Crippen MR) is 98.4 cm³/mol. The SMILES string of the molecule is N#Cc1ccc(Nc2ccnc(C(=O)N3CCC4(CC3)OCCO4)c2)cc1. The van der Waals surface area contributed by atoms with Gasteiger partial charge in [0.15, 0.2) is 5.79 Å². The molecule has 0 unspecified atom stereocenters. The molecule has 1 aromatic carbocycles. The molecule has 7 heteroatoms. The lowest BCUT2D eigenvalue weighted by atomic mass is 10.0. The third-order valence-corrected chi connectivity index (χ3v) is 4.91. The summed E-state index contributed by atoms with van der Waals surface area (Å²) in [5.41, 5.74) is 2.62. The normalized spacial score (nSPS) is 18.3. The van der Waals surface area contributed by atoms with E-state index < -0.39 is 5.79 Å². The van der Waals surface area contributed by atoms with Crippen molar-refractivity contribution >= 4 is 17.3 Å². The van der Waals surface area contributed by atoms with Crippen LogP contribution in [0.4, 0.5) is 11.4 Å². The highest BCUT2D eigenvalue weighted by Gasteiger charge is 2.41. The first-order valence-corrected chi connectivity index (χ1v) is 8.98. The molecule has 1 aromatic heterocycles. The molecule has 0 bridgehead atoms. The number of nitrogens with one attached hydrogen (secondary N) is 1. The number of carbonyl (C=O) groups is 1. The maximum Gasteiger partial charge on any atom is 0.272 e. The summed E-state index contributed by atoms with van der Waals surface area (Å²) in [5, 5.41) is 12.1. The van der Waals surface area contributed by atoms with E-state index in [4.69, 9.17) is 14.7 Å². The number of likely N-dealkylation sites (tertiary alicyclic amines) is 1. The minimum atomic E-state index is -0.497. The number of anilines is 2. The largest absolute Gasteiger partial charge is 0.355 e. The van der Waals surface area contributed by atoms with Crippen LogP contribution in [0.3, 0.4) is 0 Å². The fourth-order valence-corrected chi connectivity index (χ4v) is 3.42. The first-order chi connectivity index (χ1) is 13.2. The molecule has 1 N–H and O–H groups in total. The third-order valence-electron chi connectivity index (χ3n) is 4.91. The van der Waals surface area contributed by atoms with Crippen LogP contribution in [-0.2, 0) is 9.47 Å². The molecule has 2 aliphatic heterocycles. The van der Waals surface area contributed by atoms with Crippen LogP contribution in [0.2, 0.25) is 0 Å². The van der Waals surface area contributed by atoms with Gasteiger partial charge in [-0.25, -0.2) is 0 Å². The molecule has 2 saturated heterocycles. The average molecular weight is 364 g/mol. The lowest BCUT2D eigenvalue weighted by Gasteiger charge is -2.37. The number of piperidine rings is 1. The fraction of sp³-hybridized carbons (Fsp3) is 0.350. The lowest BCUT2D eigenvalue weighted by Crippen LogP contribution is -2.47. The highest BCUT2D eigenvalue weighted by Crippen LogP contribution is 2.31. The van der Waals surface area contributed by atoms with Gasteiger partial charge in [0.25, 0.3) is 5.91 Å². The zero-order chi connectivity index (χ0) is 18.7. The maximum atomic E-state index is 12.8. The maximum absolute atomic E-state index is 12.8. The predicted octanol–water partition coefficient (Wildman–Crippen LogP) is 2.68. The first-order valence-electron chi connectivity index (χ1n) is 8.98. The van der Waals surface area contributed by atoms with E-state index >= 15 is 0 Å². The quantitative estimate of drug-likeness (QED) is 0.901. The number of aromatic nitrogens is 1. The highest BCUT2D eigenvalue weighted by atomic mass is 16.7. The highest BCUT2D eigenvalue weighted by molar-refractivity contribution is 5.93. The van der Waals surface area contributed by atoms with Gasteiger partial charge in [0, 0.05) is 43.5 Å². The van der Waals surface area contributed by atoms with Crippen molar-refractivity contribution in [1.82, 2.24) is 9.88 Å². The van der Waals surface area contributed by atoms with Crippen LogP contribution in [-0.4, -0.2) is 47.9 Å². The molecule has 0 radical (unpaired) electrons. The monoisotopic (exact) mass is 364 g/mol. The Bertz CT molecular complexity index is 860. The second-order valence-electron chi connectivity index (χ2n) is 6.64. The van der Waals surface area contributed by atoms with Crippen LogP contribution in [0.1, 0.15) is 28.9 Å². The second kappa shape index (κ2) is 7.35. The molecule has 0 aliphatic carbocycles. The zero-order valence-electron chi connectivity index (χ0n) is 14.9. The molecular weight excluding hydrogens is 344 g/mol. The standard InChI is InChI=1S/C20H20N4O3/c21-14-15-1-3-16(4-2-15)23-17-5-8-22-18(13-17)19(25)24-9-6-20(7-10-24)26-11-12-27-20/h1-5,8,13H,6-7,9-12H2,(H,22,23). The molecule has 1 spiro atoms. The Balaban J connectivity index is 1.42. The molecule has 1 amide bonds. The number of carbonyl (C=O) groups excluding carboxylic acids is 1. The van der Waals surface area contributed by atoms with Crippen LogP contribution in [0.15, 0.2) is 42.6 Å². The Hall–Kier alpha value is -2.95. The zero-order valence-corrected chi connectivity index (χ0v) is 14.9. The molecule has 27 heavy (non-hydrogen) atoms. The molecule has 4 rings (SSSR count). The Labute approximate surface area is 157 Å². The van der Waals surface area contributed by atoms with Gasteiger partial charge in [-0.05, 0) is 36.4 Å². The summed E-state index contributed by atoms with van der Waals surface area (Å²) < 4.78 is 11.4. The number of benzene rings is 1. The summed E-state index contributed by atoms with van der Waals surface area (Å²) >= 11 is 0. The lowest BCUT2D eigenvalue weighted by molar-refractivity contribution is -0.181. The van der Waals surface area contributed by atoms with Crippen LogP contribution in [0.25, 0.3) is 0 Å². The number of pyridine rings is 1. The Morgan fingerprint density at radius 2 is 1.81 bits per heavy atom. The van der Waals surface area contributed by atoms with E-state index in [0.717, 1.165) is 11.4 Å². The van der Waals surface area contributed by atoms with Gasteiger partial charge in [0.05, 0.1) is 24.8 Å². The molecule has 138 valence electrons. The van der Waals surface area contributed by atoms with Gasteiger partial charge in [-0.1, -0.05) is 0 Å². The van der Waals surface area contributed by atoms with Crippen molar-refractivity contribution in [2.24, 2.45) is 0 Å². The molecule has 2 aliphatic rings. The molecule has 2 fully saturated rings. The average Bonchev–Trinajstić information content (AvgIpc) is 3.17. The molecule has 3 heterocycles. The van der Waals surface area contributed by atoms with E-state index in [2.05, 4.69) is 16.4 Å². The second-order valence-corrected chi connectivity index (χ2v) is 6.64. The Kier molecular flexibility index (Phi) is 4.75. The molecule has 7 nitrogen and oxygen atoms in total. The smallest absolute Gasteiger partial charge is 0.272 e. The summed E-state index contributed by atoms with van der Waals surface area (Å²) in [5.74, 6) is -0.588. The first kappa shape index (κ1) is 17.5. The molecule has 2 aromatic rings. The van der Waals surface area contributed by atoms with Crippen LogP contribution in [0.5, 0.6) is 0 Å². The van der Waals surface area contributed by atoms with Crippen LogP contribution < -0.4 is 5.32 Å². The molecule has 0 saturated carbocycles.